The topological polar surface area (TPSA) is 97.6 Å². The van der Waals surface area contributed by atoms with E-state index in [2.05, 4.69) is 20.3 Å². The lowest BCUT2D eigenvalue weighted by molar-refractivity contribution is 0.667. The van der Waals surface area contributed by atoms with Crippen molar-refractivity contribution in [2.24, 2.45) is 0 Å². The van der Waals surface area contributed by atoms with Crippen LogP contribution in [0.15, 0.2) is 27.9 Å². The van der Waals surface area contributed by atoms with Gasteiger partial charge in [-0.3, -0.25) is 14.3 Å². The van der Waals surface area contributed by atoms with Crippen LogP contribution in [-0.2, 0) is 6.54 Å². The number of nitrogens with zero attached hydrogens (tertiary/aromatic N) is 4. The molecule has 0 radical (unpaired) electrons. The maximum atomic E-state index is 12.3. The Labute approximate surface area is 137 Å². The van der Waals surface area contributed by atoms with E-state index in [1.165, 1.54) is 0 Å². The second-order valence-corrected chi connectivity index (χ2v) is 5.89. The van der Waals surface area contributed by atoms with Gasteiger partial charge in [-0.25, -0.2) is 14.8 Å². The van der Waals surface area contributed by atoms with Gasteiger partial charge in [0.25, 0.3) is 5.56 Å². The highest BCUT2D eigenvalue weighted by atomic mass is 16.2. The standard InChI is InChI=1S/C16H18N6O2/c1-3-21-13(9-4-7-11(17-2)18-8-9)19-12-14(23)20-16(24)22(15(12)21)10-5-6-10/h4,7-8,10H,3,5-6H2,1-2H3,(H,17,18)(H,20,23,24). The molecule has 0 unspecified atom stereocenters. The van der Waals surface area contributed by atoms with E-state index in [9.17, 15) is 9.59 Å². The van der Waals surface area contributed by atoms with Crippen LogP contribution < -0.4 is 16.6 Å². The van der Waals surface area contributed by atoms with Crippen molar-refractivity contribution in [2.45, 2.75) is 32.4 Å². The van der Waals surface area contributed by atoms with E-state index in [1.54, 1.807) is 17.8 Å². The summed E-state index contributed by atoms with van der Waals surface area (Å²) < 4.78 is 3.59. The minimum atomic E-state index is -0.444. The van der Waals surface area contributed by atoms with Crippen LogP contribution in [0.2, 0.25) is 0 Å². The van der Waals surface area contributed by atoms with Crippen LogP contribution in [0.5, 0.6) is 0 Å². The summed E-state index contributed by atoms with van der Waals surface area (Å²) in [4.78, 5) is 35.7. The number of fused-ring (bicyclic) bond motifs is 1. The largest absolute Gasteiger partial charge is 0.373 e. The van der Waals surface area contributed by atoms with Gasteiger partial charge in [-0.15, -0.1) is 0 Å². The SMILES string of the molecule is CCn1c(-c2ccc(NC)nc2)nc2c(=O)[nH]c(=O)n(C3CC3)c21. The normalized spacial score (nSPS) is 14.2. The third-order valence-electron chi connectivity index (χ3n) is 4.33. The highest BCUT2D eigenvalue weighted by molar-refractivity contribution is 5.77. The van der Waals surface area contributed by atoms with Crippen LogP contribution >= 0.6 is 0 Å². The van der Waals surface area contributed by atoms with Gasteiger partial charge in [0, 0.05) is 31.4 Å². The van der Waals surface area contributed by atoms with Gasteiger partial charge in [0.15, 0.2) is 11.2 Å². The van der Waals surface area contributed by atoms with Gasteiger partial charge in [0.2, 0.25) is 0 Å². The Bertz CT molecular complexity index is 1020. The van der Waals surface area contributed by atoms with Crippen molar-refractivity contribution >= 4 is 17.0 Å². The van der Waals surface area contributed by atoms with Crippen molar-refractivity contribution in [2.75, 3.05) is 12.4 Å². The fraction of sp³-hybridized carbons (Fsp3) is 0.375. The zero-order chi connectivity index (χ0) is 16.8. The summed E-state index contributed by atoms with van der Waals surface area (Å²) in [5, 5.41) is 2.97. The van der Waals surface area contributed by atoms with Crippen molar-refractivity contribution < 1.29 is 0 Å². The average molecular weight is 326 g/mol. The molecular formula is C16H18N6O2. The molecule has 0 spiro atoms. The van der Waals surface area contributed by atoms with E-state index in [1.807, 2.05) is 23.6 Å². The first kappa shape index (κ1) is 14.7. The van der Waals surface area contributed by atoms with Gasteiger partial charge >= 0.3 is 5.69 Å². The maximum Gasteiger partial charge on any atom is 0.330 e. The number of H-pyrrole nitrogens is 1. The van der Waals surface area contributed by atoms with Crippen molar-refractivity contribution in [1.29, 1.82) is 0 Å². The molecule has 0 aliphatic heterocycles. The Morgan fingerprint density at radius 2 is 2.12 bits per heavy atom. The number of anilines is 1. The Morgan fingerprint density at radius 1 is 1.33 bits per heavy atom. The summed E-state index contributed by atoms with van der Waals surface area (Å²) in [5.74, 6) is 1.40. The zero-order valence-electron chi connectivity index (χ0n) is 13.5. The van der Waals surface area contributed by atoms with Crippen LogP contribution in [0.4, 0.5) is 5.82 Å². The molecule has 3 aromatic rings. The Kier molecular flexibility index (Phi) is 3.26. The van der Waals surface area contributed by atoms with Crippen molar-refractivity contribution in [3.8, 4) is 11.4 Å². The van der Waals surface area contributed by atoms with Gasteiger partial charge in [0.05, 0.1) is 0 Å². The van der Waals surface area contributed by atoms with E-state index in [0.29, 0.717) is 23.5 Å². The molecule has 4 rings (SSSR count). The predicted octanol–water partition coefficient (Wildman–Crippen LogP) is 1.34. The third-order valence-corrected chi connectivity index (χ3v) is 4.33. The Morgan fingerprint density at radius 3 is 2.71 bits per heavy atom. The van der Waals surface area contributed by atoms with E-state index in [0.717, 1.165) is 24.2 Å². The summed E-state index contributed by atoms with van der Waals surface area (Å²) in [6.07, 6.45) is 3.61. The van der Waals surface area contributed by atoms with Crippen LogP contribution in [0, 0.1) is 0 Å². The molecule has 0 bridgehead atoms. The molecule has 3 aromatic heterocycles. The van der Waals surface area contributed by atoms with E-state index < -0.39 is 5.56 Å². The third kappa shape index (κ3) is 2.14. The van der Waals surface area contributed by atoms with E-state index in [-0.39, 0.29) is 11.7 Å². The molecule has 124 valence electrons. The summed E-state index contributed by atoms with van der Waals surface area (Å²) >= 11 is 0. The van der Waals surface area contributed by atoms with Crippen LogP contribution in [-0.4, -0.2) is 31.1 Å². The molecule has 1 saturated carbocycles. The number of hydrogen-bond donors (Lipinski definition) is 2. The van der Waals surface area contributed by atoms with Crippen molar-refractivity contribution in [3.63, 3.8) is 0 Å². The molecule has 8 heteroatoms. The summed E-state index contributed by atoms with van der Waals surface area (Å²) in [5.41, 5.74) is 0.902. The number of nitrogens with one attached hydrogen (secondary N) is 2. The van der Waals surface area contributed by atoms with E-state index in [4.69, 9.17) is 0 Å². The summed E-state index contributed by atoms with van der Waals surface area (Å²) in [7, 11) is 1.80. The number of hydrogen-bond acceptors (Lipinski definition) is 5. The van der Waals surface area contributed by atoms with Gasteiger partial charge in [0.1, 0.15) is 11.6 Å². The fourth-order valence-corrected chi connectivity index (χ4v) is 3.02. The van der Waals surface area contributed by atoms with Gasteiger partial charge < -0.3 is 9.88 Å². The van der Waals surface area contributed by atoms with Gasteiger partial charge in [-0.2, -0.15) is 0 Å². The molecule has 3 heterocycles. The summed E-state index contributed by atoms with van der Waals surface area (Å²) in [6, 6.07) is 3.91. The average Bonchev–Trinajstić information content (AvgIpc) is 3.34. The van der Waals surface area contributed by atoms with Crippen LogP contribution in [0.1, 0.15) is 25.8 Å². The number of aromatic amines is 1. The molecule has 0 saturated heterocycles. The first-order valence-electron chi connectivity index (χ1n) is 8.03. The first-order chi connectivity index (χ1) is 11.6. The lowest BCUT2D eigenvalue weighted by atomic mass is 10.2. The molecule has 8 nitrogen and oxygen atoms in total. The molecule has 1 aliphatic rings. The smallest absolute Gasteiger partial charge is 0.330 e. The molecule has 1 fully saturated rings. The highest BCUT2D eigenvalue weighted by Gasteiger charge is 2.29. The van der Waals surface area contributed by atoms with Crippen molar-refractivity contribution in [1.82, 2.24) is 24.1 Å². The number of aromatic nitrogens is 5. The fourth-order valence-electron chi connectivity index (χ4n) is 3.02. The molecule has 1 aliphatic carbocycles. The minimum absolute atomic E-state index is 0.150. The Balaban J connectivity index is 2.03. The van der Waals surface area contributed by atoms with Crippen molar-refractivity contribution in [3.05, 3.63) is 39.2 Å². The molecule has 2 N–H and O–H groups in total. The number of pyridine rings is 1. The second-order valence-electron chi connectivity index (χ2n) is 5.89. The zero-order valence-corrected chi connectivity index (χ0v) is 13.5. The first-order valence-corrected chi connectivity index (χ1v) is 8.03. The highest BCUT2D eigenvalue weighted by Crippen LogP contribution is 2.36. The van der Waals surface area contributed by atoms with Crippen LogP contribution in [0.25, 0.3) is 22.6 Å². The van der Waals surface area contributed by atoms with Gasteiger partial charge in [-0.05, 0) is 31.9 Å². The lowest BCUT2D eigenvalue weighted by Crippen LogP contribution is -2.30. The number of imidazole rings is 1. The number of rotatable bonds is 4. The molecular weight excluding hydrogens is 308 g/mol. The summed E-state index contributed by atoms with van der Waals surface area (Å²) in [6.45, 7) is 2.58. The molecule has 24 heavy (non-hydrogen) atoms. The second kappa shape index (κ2) is 5.33. The lowest BCUT2D eigenvalue weighted by Gasteiger charge is -2.10. The monoisotopic (exact) mass is 326 g/mol. The molecule has 0 amide bonds. The Hall–Kier alpha value is -2.90. The molecule has 0 aromatic carbocycles. The van der Waals surface area contributed by atoms with Gasteiger partial charge in [-0.1, -0.05) is 0 Å². The molecule has 0 atom stereocenters. The van der Waals surface area contributed by atoms with Crippen LogP contribution in [0.3, 0.4) is 0 Å². The number of aryl methyl sites for hydroxylation is 1. The predicted molar refractivity (Wildman–Crippen MR) is 91.3 cm³/mol. The quantitative estimate of drug-likeness (QED) is 0.754. The minimum Gasteiger partial charge on any atom is -0.373 e. The van der Waals surface area contributed by atoms with E-state index >= 15 is 0 Å². The maximum absolute atomic E-state index is 12.3.